The molecular weight excluding hydrogens is 366 g/mol. The first-order chi connectivity index (χ1) is 13.2. The highest BCUT2D eigenvalue weighted by Crippen LogP contribution is 2.28. The van der Waals surface area contributed by atoms with E-state index in [4.69, 9.17) is 0 Å². The quantitative estimate of drug-likeness (QED) is 0.819. The average Bonchev–Trinajstić information content (AvgIpc) is 2.58. The Morgan fingerprint density at radius 2 is 1.96 bits per heavy atom. The maximum atomic E-state index is 13.4. The summed E-state index contributed by atoms with van der Waals surface area (Å²) in [5.41, 5.74) is 1.62. The van der Waals surface area contributed by atoms with Crippen LogP contribution < -0.4 is 11.0 Å². The van der Waals surface area contributed by atoms with Crippen LogP contribution in [-0.4, -0.2) is 40.0 Å². The fraction of sp³-hybridized carbons (Fsp3) is 0.450. The molecule has 1 atom stereocenters. The number of carbonyl (C=O) groups is 1. The zero-order valence-electron chi connectivity index (χ0n) is 16.2. The van der Waals surface area contributed by atoms with Gasteiger partial charge in [0.05, 0.1) is 0 Å². The molecule has 28 heavy (non-hydrogen) atoms. The van der Waals surface area contributed by atoms with Crippen LogP contribution in [0.2, 0.25) is 0 Å². The fourth-order valence-electron chi connectivity index (χ4n) is 3.46. The van der Waals surface area contributed by atoms with E-state index in [9.17, 15) is 18.4 Å². The Kier molecular flexibility index (Phi) is 5.88. The molecule has 1 aliphatic heterocycles. The van der Waals surface area contributed by atoms with E-state index in [-0.39, 0.29) is 24.4 Å². The second kappa shape index (κ2) is 8.18. The fourth-order valence-corrected chi connectivity index (χ4v) is 3.46. The van der Waals surface area contributed by atoms with Gasteiger partial charge in [-0.25, -0.2) is 13.6 Å². The molecular formula is C20H24F2N4O2. The molecule has 2 aromatic rings. The molecule has 1 fully saturated rings. The summed E-state index contributed by atoms with van der Waals surface area (Å²) in [5.74, 6) is -1.64. The van der Waals surface area contributed by atoms with Gasteiger partial charge in [-0.3, -0.25) is 14.3 Å². The number of halogens is 2. The zero-order chi connectivity index (χ0) is 20.4. The molecule has 0 spiro atoms. The van der Waals surface area contributed by atoms with Crippen LogP contribution in [0.5, 0.6) is 0 Å². The molecule has 0 aliphatic carbocycles. The molecule has 1 aromatic carbocycles. The second-order valence-electron chi connectivity index (χ2n) is 7.38. The Labute approximate surface area is 162 Å². The van der Waals surface area contributed by atoms with E-state index in [1.54, 1.807) is 26.0 Å². The van der Waals surface area contributed by atoms with Gasteiger partial charge in [0.1, 0.15) is 6.54 Å². The largest absolute Gasteiger partial charge is 0.354 e. The predicted octanol–water partition coefficient (Wildman–Crippen LogP) is 1.95. The summed E-state index contributed by atoms with van der Waals surface area (Å²) in [6.45, 7) is 7.42. The highest BCUT2D eigenvalue weighted by atomic mass is 19.2. The van der Waals surface area contributed by atoms with Crippen LogP contribution in [0.25, 0.3) is 0 Å². The van der Waals surface area contributed by atoms with Gasteiger partial charge in [-0.15, -0.1) is 0 Å². The van der Waals surface area contributed by atoms with Crippen LogP contribution in [0.3, 0.4) is 0 Å². The van der Waals surface area contributed by atoms with Crippen molar-refractivity contribution in [1.82, 2.24) is 19.8 Å². The van der Waals surface area contributed by atoms with Crippen molar-refractivity contribution < 1.29 is 13.6 Å². The SMILES string of the molecule is Cc1cc(C)n(CC(=O)NCC2CN(C(C)c3ccc(F)c(F)c3)C2)c(=O)n1. The standard InChI is InChI=1S/C20H24F2N4O2/c1-12-6-13(2)26(20(28)24-12)11-19(27)23-8-15-9-25(10-15)14(3)16-4-5-17(21)18(22)7-16/h4-7,14-15H,8-11H2,1-3H3,(H,23,27). The lowest BCUT2D eigenvalue weighted by molar-refractivity contribution is -0.122. The molecule has 1 saturated heterocycles. The predicted molar refractivity (Wildman–Crippen MR) is 101 cm³/mol. The summed E-state index contributed by atoms with van der Waals surface area (Å²) in [4.78, 5) is 30.1. The monoisotopic (exact) mass is 390 g/mol. The molecule has 3 rings (SSSR count). The van der Waals surface area contributed by atoms with E-state index >= 15 is 0 Å². The van der Waals surface area contributed by atoms with E-state index < -0.39 is 17.3 Å². The number of nitrogens with one attached hydrogen (secondary N) is 1. The molecule has 1 N–H and O–H groups in total. The zero-order valence-corrected chi connectivity index (χ0v) is 16.2. The van der Waals surface area contributed by atoms with Crippen molar-refractivity contribution in [2.24, 2.45) is 5.92 Å². The number of hydrogen-bond donors (Lipinski definition) is 1. The Balaban J connectivity index is 1.47. The minimum atomic E-state index is -0.849. The van der Waals surface area contributed by atoms with E-state index in [2.05, 4.69) is 15.2 Å². The average molecular weight is 390 g/mol. The van der Waals surface area contributed by atoms with Gasteiger partial charge in [-0.2, -0.15) is 4.98 Å². The summed E-state index contributed by atoms with van der Waals surface area (Å²) in [6.07, 6.45) is 0. The third kappa shape index (κ3) is 4.44. The van der Waals surface area contributed by atoms with Crippen molar-refractivity contribution >= 4 is 5.91 Å². The van der Waals surface area contributed by atoms with Gasteiger partial charge in [0, 0.05) is 43.0 Å². The lowest BCUT2D eigenvalue weighted by Crippen LogP contribution is -2.52. The Hall–Kier alpha value is -2.61. The molecule has 8 heteroatoms. The number of hydrogen-bond acceptors (Lipinski definition) is 4. The number of aromatic nitrogens is 2. The first-order valence-corrected chi connectivity index (χ1v) is 9.25. The number of carbonyl (C=O) groups excluding carboxylic acids is 1. The van der Waals surface area contributed by atoms with Gasteiger partial charge in [0.15, 0.2) is 11.6 Å². The van der Waals surface area contributed by atoms with Crippen LogP contribution in [0.15, 0.2) is 29.1 Å². The smallest absolute Gasteiger partial charge is 0.348 e. The van der Waals surface area contributed by atoms with Crippen LogP contribution in [0.1, 0.15) is 29.9 Å². The van der Waals surface area contributed by atoms with E-state index in [0.29, 0.717) is 17.9 Å². The molecule has 2 heterocycles. The first kappa shape index (κ1) is 20.1. The molecule has 150 valence electrons. The Morgan fingerprint density at radius 3 is 2.61 bits per heavy atom. The van der Waals surface area contributed by atoms with Crippen molar-refractivity contribution in [3.05, 3.63) is 63.3 Å². The maximum absolute atomic E-state index is 13.4. The van der Waals surface area contributed by atoms with Gasteiger partial charge >= 0.3 is 5.69 Å². The van der Waals surface area contributed by atoms with Crippen molar-refractivity contribution in [1.29, 1.82) is 0 Å². The summed E-state index contributed by atoms with van der Waals surface area (Å²) in [7, 11) is 0. The Bertz CT molecular complexity index is 938. The lowest BCUT2D eigenvalue weighted by Gasteiger charge is -2.43. The molecule has 0 radical (unpaired) electrons. The number of benzene rings is 1. The van der Waals surface area contributed by atoms with Gasteiger partial charge in [-0.05, 0) is 44.5 Å². The van der Waals surface area contributed by atoms with Gasteiger partial charge in [0.25, 0.3) is 0 Å². The summed E-state index contributed by atoms with van der Waals surface area (Å²) in [6, 6.07) is 5.70. The minimum absolute atomic E-state index is 0.0260. The topological polar surface area (TPSA) is 67.2 Å². The normalized spacial score (nSPS) is 15.9. The third-order valence-corrected chi connectivity index (χ3v) is 5.20. The van der Waals surface area contributed by atoms with Crippen molar-refractivity contribution in [2.75, 3.05) is 19.6 Å². The van der Waals surface area contributed by atoms with Crippen LogP contribution in [0.4, 0.5) is 8.78 Å². The molecule has 1 aromatic heterocycles. The number of likely N-dealkylation sites (tertiary alicyclic amines) is 1. The summed E-state index contributed by atoms with van der Waals surface area (Å²) in [5, 5.41) is 2.86. The maximum Gasteiger partial charge on any atom is 0.348 e. The van der Waals surface area contributed by atoms with Crippen molar-refractivity contribution in [3.8, 4) is 0 Å². The number of amides is 1. The summed E-state index contributed by atoms with van der Waals surface area (Å²) >= 11 is 0. The number of aryl methyl sites for hydroxylation is 2. The number of rotatable bonds is 6. The molecule has 0 saturated carbocycles. The molecule has 1 unspecified atom stereocenters. The first-order valence-electron chi connectivity index (χ1n) is 9.25. The van der Waals surface area contributed by atoms with Crippen molar-refractivity contribution in [3.63, 3.8) is 0 Å². The van der Waals surface area contributed by atoms with Crippen LogP contribution >= 0.6 is 0 Å². The lowest BCUT2D eigenvalue weighted by atomic mass is 9.95. The molecule has 6 nitrogen and oxygen atoms in total. The highest BCUT2D eigenvalue weighted by Gasteiger charge is 2.31. The molecule has 1 aliphatic rings. The summed E-state index contributed by atoms with van der Waals surface area (Å²) < 4.78 is 27.8. The van der Waals surface area contributed by atoms with Gasteiger partial charge < -0.3 is 5.32 Å². The van der Waals surface area contributed by atoms with E-state index in [1.165, 1.54) is 10.6 Å². The van der Waals surface area contributed by atoms with E-state index in [0.717, 1.165) is 24.7 Å². The van der Waals surface area contributed by atoms with Crippen LogP contribution in [-0.2, 0) is 11.3 Å². The van der Waals surface area contributed by atoms with E-state index in [1.807, 2.05) is 6.92 Å². The minimum Gasteiger partial charge on any atom is -0.354 e. The second-order valence-corrected chi connectivity index (χ2v) is 7.38. The third-order valence-electron chi connectivity index (χ3n) is 5.20. The molecule has 1 amide bonds. The highest BCUT2D eigenvalue weighted by molar-refractivity contribution is 5.75. The Morgan fingerprint density at radius 1 is 1.25 bits per heavy atom. The number of nitrogens with zero attached hydrogens (tertiary/aromatic N) is 3. The van der Waals surface area contributed by atoms with Crippen LogP contribution in [0, 0.1) is 31.4 Å². The van der Waals surface area contributed by atoms with Gasteiger partial charge in [0.2, 0.25) is 5.91 Å². The molecule has 0 bridgehead atoms. The van der Waals surface area contributed by atoms with Crippen molar-refractivity contribution in [2.45, 2.75) is 33.4 Å². The van der Waals surface area contributed by atoms with Gasteiger partial charge in [-0.1, -0.05) is 6.07 Å².